The molecule has 0 fully saturated rings. The van der Waals surface area contributed by atoms with Crippen LogP contribution in [0.4, 0.5) is 0 Å². The van der Waals surface area contributed by atoms with Gasteiger partial charge >= 0.3 is 0 Å². The SMILES string of the molecule is CN(C)C(=NC#N)c1ccccc1. The second-order valence-corrected chi connectivity index (χ2v) is 2.80. The van der Waals surface area contributed by atoms with Crippen LogP contribution in [-0.4, -0.2) is 24.8 Å². The average molecular weight is 173 g/mol. The highest BCUT2D eigenvalue weighted by Gasteiger charge is 2.03. The molecule has 0 aliphatic heterocycles. The third kappa shape index (κ3) is 2.31. The van der Waals surface area contributed by atoms with Crippen LogP contribution >= 0.6 is 0 Å². The molecule has 1 aromatic carbocycles. The Bertz CT molecular complexity index is 333. The highest BCUT2D eigenvalue weighted by molar-refractivity contribution is 5.98. The lowest BCUT2D eigenvalue weighted by Gasteiger charge is -2.13. The number of amidine groups is 1. The zero-order chi connectivity index (χ0) is 9.68. The number of nitriles is 1. The number of rotatable bonds is 1. The molecule has 0 saturated carbocycles. The van der Waals surface area contributed by atoms with Crippen LogP contribution in [-0.2, 0) is 0 Å². The monoisotopic (exact) mass is 173 g/mol. The summed E-state index contributed by atoms with van der Waals surface area (Å²) in [5, 5.41) is 8.48. The maximum absolute atomic E-state index is 8.48. The van der Waals surface area contributed by atoms with Crippen molar-refractivity contribution in [1.29, 1.82) is 5.26 Å². The number of nitrogens with zero attached hydrogens (tertiary/aromatic N) is 3. The number of hydrogen-bond donors (Lipinski definition) is 0. The van der Waals surface area contributed by atoms with Crippen molar-refractivity contribution < 1.29 is 0 Å². The van der Waals surface area contributed by atoms with Gasteiger partial charge in [0.25, 0.3) is 0 Å². The third-order valence-corrected chi connectivity index (χ3v) is 1.61. The molecule has 0 heterocycles. The summed E-state index contributed by atoms with van der Waals surface area (Å²) in [6.07, 6.45) is 1.79. The summed E-state index contributed by atoms with van der Waals surface area (Å²) in [6.45, 7) is 0. The van der Waals surface area contributed by atoms with Gasteiger partial charge in [-0.25, -0.2) is 0 Å². The largest absolute Gasteiger partial charge is 0.362 e. The van der Waals surface area contributed by atoms with E-state index in [0.29, 0.717) is 5.84 Å². The van der Waals surface area contributed by atoms with Gasteiger partial charge < -0.3 is 4.90 Å². The van der Waals surface area contributed by atoms with E-state index in [1.807, 2.05) is 49.3 Å². The Labute approximate surface area is 77.9 Å². The minimum atomic E-state index is 0.683. The predicted octanol–water partition coefficient (Wildman–Crippen LogP) is 1.48. The van der Waals surface area contributed by atoms with E-state index in [2.05, 4.69) is 4.99 Å². The Balaban J connectivity index is 3.05. The first-order chi connectivity index (χ1) is 6.25. The maximum Gasteiger partial charge on any atom is 0.207 e. The van der Waals surface area contributed by atoms with Gasteiger partial charge in [0, 0.05) is 19.7 Å². The molecule has 0 amide bonds. The summed E-state index contributed by atoms with van der Waals surface area (Å²) < 4.78 is 0. The summed E-state index contributed by atoms with van der Waals surface area (Å²) in [6, 6.07) is 9.63. The second-order valence-electron chi connectivity index (χ2n) is 2.80. The maximum atomic E-state index is 8.48. The fourth-order valence-electron chi connectivity index (χ4n) is 1.06. The van der Waals surface area contributed by atoms with Gasteiger partial charge in [-0.3, -0.25) is 0 Å². The lowest BCUT2D eigenvalue weighted by molar-refractivity contribution is 0.624. The molecule has 0 aromatic heterocycles. The number of aliphatic imine (C=N–C) groups is 1. The molecular weight excluding hydrogens is 162 g/mol. The van der Waals surface area contributed by atoms with E-state index in [-0.39, 0.29) is 0 Å². The van der Waals surface area contributed by atoms with Crippen LogP contribution < -0.4 is 0 Å². The molecule has 0 spiro atoms. The Morgan fingerprint density at radius 2 is 1.92 bits per heavy atom. The molecule has 0 atom stereocenters. The van der Waals surface area contributed by atoms with Gasteiger partial charge in [0.05, 0.1) is 0 Å². The molecule has 0 bridgehead atoms. The van der Waals surface area contributed by atoms with Crippen LogP contribution in [0.25, 0.3) is 0 Å². The Hall–Kier alpha value is -1.82. The summed E-state index contributed by atoms with van der Waals surface area (Å²) >= 11 is 0. The summed E-state index contributed by atoms with van der Waals surface area (Å²) in [5.41, 5.74) is 0.953. The smallest absolute Gasteiger partial charge is 0.207 e. The first-order valence-corrected chi connectivity index (χ1v) is 3.95. The quantitative estimate of drug-likeness (QED) is 0.366. The van der Waals surface area contributed by atoms with Crippen molar-refractivity contribution in [2.45, 2.75) is 0 Å². The van der Waals surface area contributed by atoms with E-state index >= 15 is 0 Å². The van der Waals surface area contributed by atoms with E-state index < -0.39 is 0 Å². The Morgan fingerprint density at radius 3 is 2.38 bits per heavy atom. The average Bonchev–Trinajstić information content (AvgIpc) is 2.15. The molecule has 0 saturated heterocycles. The highest BCUT2D eigenvalue weighted by Crippen LogP contribution is 2.02. The molecule has 3 heteroatoms. The molecular formula is C10H11N3. The van der Waals surface area contributed by atoms with Gasteiger partial charge in [0.2, 0.25) is 6.19 Å². The van der Waals surface area contributed by atoms with E-state index in [9.17, 15) is 0 Å². The Morgan fingerprint density at radius 1 is 1.31 bits per heavy atom. The molecule has 0 N–H and O–H groups in total. The molecule has 3 nitrogen and oxygen atoms in total. The zero-order valence-electron chi connectivity index (χ0n) is 7.73. The topological polar surface area (TPSA) is 39.4 Å². The predicted molar refractivity (Wildman–Crippen MR) is 52.3 cm³/mol. The standard InChI is InChI=1S/C10H11N3/c1-13(2)10(12-8-11)9-6-4-3-5-7-9/h3-7H,1-2H3. The lowest BCUT2D eigenvalue weighted by Crippen LogP contribution is -2.22. The van der Waals surface area contributed by atoms with E-state index in [1.165, 1.54) is 0 Å². The summed E-state index contributed by atoms with van der Waals surface area (Å²) in [4.78, 5) is 5.56. The molecule has 13 heavy (non-hydrogen) atoms. The summed E-state index contributed by atoms with van der Waals surface area (Å²) in [7, 11) is 3.73. The van der Waals surface area contributed by atoms with Gasteiger partial charge in [-0.05, 0) is 0 Å². The van der Waals surface area contributed by atoms with Crippen molar-refractivity contribution in [3.63, 3.8) is 0 Å². The minimum Gasteiger partial charge on any atom is -0.362 e. The molecule has 0 aliphatic carbocycles. The third-order valence-electron chi connectivity index (χ3n) is 1.61. The van der Waals surface area contributed by atoms with Crippen LogP contribution in [0.3, 0.4) is 0 Å². The van der Waals surface area contributed by atoms with Crippen LogP contribution in [0, 0.1) is 11.5 Å². The van der Waals surface area contributed by atoms with Gasteiger partial charge in [0.15, 0.2) is 0 Å². The van der Waals surface area contributed by atoms with Gasteiger partial charge in [-0.15, -0.1) is 0 Å². The normalized spacial score (nSPS) is 10.7. The van der Waals surface area contributed by atoms with Crippen molar-refractivity contribution in [3.8, 4) is 6.19 Å². The first kappa shape index (κ1) is 9.27. The van der Waals surface area contributed by atoms with Crippen molar-refractivity contribution in [2.75, 3.05) is 14.1 Å². The molecule has 0 radical (unpaired) electrons. The van der Waals surface area contributed by atoms with E-state index in [0.717, 1.165) is 5.56 Å². The number of hydrogen-bond acceptors (Lipinski definition) is 2. The van der Waals surface area contributed by atoms with Crippen LogP contribution in [0.1, 0.15) is 5.56 Å². The fraction of sp³-hybridized carbons (Fsp3) is 0.200. The van der Waals surface area contributed by atoms with Crippen LogP contribution in [0.5, 0.6) is 0 Å². The van der Waals surface area contributed by atoms with Crippen LogP contribution in [0.2, 0.25) is 0 Å². The van der Waals surface area contributed by atoms with Crippen molar-refractivity contribution in [2.24, 2.45) is 4.99 Å². The lowest BCUT2D eigenvalue weighted by atomic mass is 10.2. The Kier molecular flexibility index (Phi) is 3.04. The van der Waals surface area contributed by atoms with Crippen LogP contribution in [0.15, 0.2) is 35.3 Å². The van der Waals surface area contributed by atoms with Gasteiger partial charge in [0.1, 0.15) is 5.84 Å². The van der Waals surface area contributed by atoms with E-state index in [4.69, 9.17) is 5.26 Å². The highest BCUT2D eigenvalue weighted by atomic mass is 15.1. The van der Waals surface area contributed by atoms with Crippen molar-refractivity contribution >= 4 is 5.84 Å². The number of benzene rings is 1. The first-order valence-electron chi connectivity index (χ1n) is 3.95. The second kappa shape index (κ2) is 4.27. The van der Waals surface area contributed by atoms with Gasteiger partial charge in [-0.1, -0.05) is 30.3 Å². The molecule has 1 rings (SSSR count). The van der Waals surface area contributed by atoms with Gasteiger partial charge in [-0.2, -0.15) is 10.3 Å². The zero-order valence-corrected chi connectivity index (χ0v) is 7.73. The molecule has 1 aromatic rings. The molecule has 0 unspecified atom stereocenters. The van der Waals surface area contributed by atoms with E-state index in [1.54, 1.807) is 6.19 Å². The molecule has 66 valence electrons. The fourth-order valence-corrected chi connectivity index (χ4v) is 1.06. The minimum absolute atomic E-state index is 0.683. The van der Waals surface area contributed by atoms with Crippen molar-refractivity contribution in [1.82, 2.24) is 4.90 Å². The van der Waals surface area contributed by atoms with Crippen molar-refractivity contribution in [3.05, 3.63) is 35.9 Å². The summed E-state index contributed by atoms with van der Waals surface area (Å²) in [5.74, 6) is 0.683. The molecule has 0 aliphatic rings.